The summed E-state index contributed by atoms with van der Waals surface area (Å²) in [5.41, 5.74) is 0.798. The summed E-state index contributed by atoms with van der Waals surface area (Å²) in [4.78, 5) is 21.8. The normalized spacial score (nSPS) is 16.5. The average Bonchev–Trinajstić information content (AvgIpc) is 3.35. The summed E-state index contributed by atoms with van der Waals surface area (Å²) in [6, 6.07) is 5.66. The highest BCUT2D eigenvalue weighted by Gasteiger charge is 2.43. The molecule has 3 aromatic heterocycles. The van der Waals surface area contributed by atoms with E-state index in [2.05, 4.69) is 30.8 Å². The Bertz CT molecular complexity index is 841. The molecule has 1 saturated carbocycles. The molecule has 3 aromatic rings. The molecule has 128 valence electrons. The highest BCUT2D eigenvalue weighted by Crippen LogP contribution is 2.35. The number of pyridine rings is 1. The Balaban J connectivity index is 1.57. The maximum Gasteiger partial charge on any atom is 0.254 e. The largest absolute Gasteiger partial charge is 0.300 e. The predicted octanol–water partition coefficient (Wildman–Crippen LogP) is 2.49. The molecule has 1 N–H and O–H groups in total. The number of thiazole rings is 1. The predicted molar refractivity (Wildman–Crippen MR) is 92.9 cm³/mol. The first-order valence-corrected chi connectivity index (χ1v) is 9.08. The minimum atomic E-state index is -0.738. The zero-order valence-electron chi connectivity index (χ0n) is 13.5. The van der Waals surface area contributed by atoms with E-state index in [9.17, 15) is 4.79 Å². The van der Waals surface area contributed by atoms with Crippen molar-refractivity contribution in [1.29, 1.82) is 0 Å². The number of aromatic nitrogens is 6. The van der Waals surface area contributed by atoms with Crippen LogP contribution in [-0.4, -0.2) is 36.1 Å². The van der Waals surface area contributed by atoms with E-state index in [0.717, 1.165) is 43.5 Å². The van der Waals surface area contributed by atoms with Crippen LogP contribution in [0.1, 0.15) is 32.1 Å². The summed E-state index contributed by atoms with van der Waals surface area (Å²) < 4.78 is 1.59. The molecule has 1 fully saturated rings. The Labute approximate surface area is 148 Å². The van der Waals surface area contributed by atoms with Crippen molar-refractivity contribution in [1.82, 2.24) is 30.2 Å². The van der Waals surface area contributed by atoms with Gasteiger partial charge in [0.15, 0.2) is 5.13 Å². The molecule has 0 aliphatic heterocycles. The Kier molecular flexibility index (Phi) is 4.22. The van der Waals surface area contributed by atoms with Gasteiger partial charge in [0.25, 0.3) is 5.91 Å². The third-order valence-electron chi connectivity index (χ3n) is 4.54. The SMILES string of the molecule is O=C(Nc1nc(-c2ccccn2)cs1)C1(n2cnnn2)CCCCC1. The van der Waals surface area contributed by atoms with Crippen LogP contribution in [0.3, 0.4) is 0 Å². The van der Waals surface area contributed by atoms with Crippen LogP contribution in [0, 0.1) is 0 Å². The van der Waals surface area contributed by atoms with Gasteiger partial charge < -0.3 is 0 Å². The van der Waals surface area contributed by atoms with E-state index < -0.39 is 5.54 Å². The summed E-state index contributed by atoms with van der Waals surface area (Å²) in [7, 11) is 0. The van der Waals surface area contributed by atoms with Crippen LogP contribution in [0.5, 0.6) is 0 Å². The van der Waals surface area contributed by atoms with Crippen LogP contribution < -0.4 is 5.32 Å². The molecule has 0 radical (unpaired) electrons. The van der Waals surface area contributed by atoms with Gasteiger partial charge in [-0.05, 0) is 35.4 Å². The Morgan fingerprint density at radius 2 is 2.08 bits per heavy atom. The molecule has 0 aromatic carbocycles. The summed E-state index contributed by atoms with van der Waals surface area (Å²) >= 11 is 1.39. The van der Waals surface area contributed by atoms with Crippen molar-refractivity contribution in [2.45, 2.75) is 37.6 Å². The van der Waals surface area contributed by atoms with Gasteiger partial charge in [-0.15, -0.1) is 16.4 Å². The van der Waals surface area contributed by atoms with E-state index in [1.807, 2.05) is 23.6 Å². The maximum atomic E-state index is 13.1. The fourth-order valence-electron chi connectivity index (χ4n) is 3.23. The summed E-state index contributed by atoms with van der Waals surface area (Å²) in [5.74, 6) is -0.110. The second-order valence-corrected chi connectivity index (χ2v) is 6.91. The zero-order chi connectivity index (χ0) is 17.1. The van der Waals surface area contributed by atoms with Crippen LogP contribution in [0.4, 0.5) is 5.13 Å². The highest BCUT2D eigenvalue weighted by molar-refractivity contribution is 7.14. The number of rotatable bonds is 4. The Hall–Kier alpha value is -2.68. The quantitative estimate of drug-likeness (QED) is 0.772. The van der Waals surface area contributed by atoms with Gasteiger partial charge in [-0.1, -0.05) is 25.3 Å². The first-order valence-electron chi connectivity index (χ1n) is 8.20. The van der Waals surface area contributed by atoms with Crippen LogP contribution >= 0.6 is 11.3 Å². The number of anilines is 1. The van der Waals surface area contributed by atoms with Gasteiger partial charge in [0.05, 0.1) is 5.69 Å². The fraction of sp³-hybridized carbons (Fsp3) is 0.375. The van der Waals surface area contributed by atoms with Crippen LogP contribution in [0.2, 0.25) is 0 Å². The number of hydrogen-bond acceptors (Lipinski definition) is 7. The molecule has 25 heavy (non-hydrogen) atoms. The molecule has 1 aliphatic carbocycles. The lowest BCUT2D eigenvalue weighted by Crippen LogP contribution is -2.47. The average molecular weight is 355 g/mol. The molecular formula is C16H17N7OS. The third kappa shape index (κ3) is 3.02. The van der Waals surface area contributed by atoms with Crippen molar-refractivity contribution in [2.24, 2.45) is 0 Å². The lowest BCUT2D eigenvalue weighted by Gasteiger charge is -2.34. The summed E-state index contributed by atoms with van der Waals surface area (Å²) in [6.07, 6.45) is 7.77. The van der Waals surface area contributed by atoms with E-state index in [1.54, 1.807) is 10.9 Å². The van der Waals surface area contributed by atoms with E-state index in [-0.39, 0.29) is 5.91 Å². The Morgan fingerprint density at radius 1 is 1.20 bits per heavy atom. The number of tetrazole rings is 1. The second-order valence-electron chi connectivity index (χ2n) is 6.05. The van der Waals surface area contributed by atoms with Gasteiger partial charge in [0.1, 0.15) is 17.6 Å². The van der Waals surface area contributed by atoms with E-state index in [0.29, 0.717) is 5.13 Å². The molecule has 1 amide bonds. The monoisotopic (exact) mass is 355 g/mol. The molecular weight excluding hydrogens is 338 g/mol. The minimum Gasteiger partial charge on any atom is -0.300 e. The summed E-state index contributed by atoms with van der Waals surface area (Å²) in [5, 5.41) is 16.8. The molecule has 3 heterocycles. The van der Waals surface area contributed by atoms with Crippen LogP contribution in [-0.2, 0) is 10.3 Å². The smallest absolute Gasteiger partial charge is 0.254 e. The molecule has 0 unspecified atom stereocenters. The lowest BCUT2D eigenvalue weighted by atomic mass is 9.81. The molecule has 0 spiro atoms. The number of carbonyl (C=O) groups is 1. The van der Waals surface area contributed by atoms with E-state index in [4.69, 9.17) is 0 Å². The first-order chi connectivity index (χ1) is 12.3. The lowest BCUT2D eigenvalue weighted by molar-refractivity contribution is -0.126. The van der Waals surface area contributed by atoms with E-state index >= 15 is 0 Å². The molecule has 1 aliphatic rings. The third-order valence-corrected chi connectivity index (χ3v) is 5.30. The van der Waals surface area contributed by atoms with E-state index in [1.165, 1.54) is 17.7 Å². The number of nitrogens with zero attached hydrogens (tertiary/aromatic N) is 6. The van der Waals surface area contributed by atoms with Gasteiger partial charge in [-0.2, -0.15) is 0 Å². The molecule has 0 bridgehead atoms. The van der Waals surface area contributed by atoms with Gasteiger partial charge in [-0.25, -0.2) is 9.67 Å². The molecule has 0 saturated heterocycles. The van der Waals surface area contributed by atoms with Crippen molar-refractivity contribution in [3.63, 3.8) is 0 Å². The fourth-order valence-corrected chi connectivity index (χ4v) is 3.93. The van der Waals surface area contributed by atoms with Crippen LogP contribution in [0.15, 0.2) is 36.1 Å². The summed E-state index contributed by atoms with van der Waals surface area (Å²) in [6.45, 7) is 0. The number of amides is 1. The van der Waals surface area contributed by atoms with Crippen molar-refractivity contribution in [2.75, 3.05) is 5.32 Å². The molecule has 8 nitrogen and oxygen atoms in total. The second kappa shape index (κ2) is 6.67. The van der Waals surface area contributed by atoms with Crippen molar-refractivity contribution in [3.8, 4) is 11.4 Å². The topological polar surface area (TPSA) is 98.5 Å². The van der Waals surface area contributed by atoms with Gasteiger partial charge in [0, 0.05) is 11.6 Å². The number of nitrogens with one attached hydrogen (secondary N) is 1. The van der Waals surface area contributed by atoms with Crippen molar-refractivity contribution < 1.29 is 4.79 Å². The number of hydrogen-bond donors (Lipinski definition) is 1. The van der Waals surface area contributed by atoms with Crippen LogP contribution in [0.25, 0.3) is 11.4 Å². The zero-order valence-corrected chi connectivity index (χ0v) is 14.3. The van der Waals surface area contributed by atoms with Gasteiger partial charge in [0.2, 0.25) is 0 Å². The highest BCUT2D eigenvalue weighted by atomic mass is 32.1. The standard InChI is InChI=1S/C16H17N7OS/c24-14(16(7-3-1-4-8-16)23-11-18-21-22-23)20-15-19-13(10-25-15)12-6-2-5-9-17-12/h2,5-6,9-11H,1,3-4,7-8H2,(H,19,20,24). The molecule has 0 atom stereocenters. The maximum absolute atomic E-state index is 13.1. The Morgan fingerprint density at radius 3 is 2.80 bits per heavy atom. The minimum absolute atomic E-state index is 0.110. The molecule has 4 rings (SSSR count). The van der Waals surface area contributed by atoms with Crippen molar-refractivity contribution >= 4 is 22.4 Å². The molecule has 9 heteroatoms. The number of carbonyl (C=O) groups excluding carboxylic acids is 1. The van der Waals surface area contributed by atoms with Gasteiger partial charge >= 0.3 is 0 Å². The van der Waals surface area contributed by atoms with Gasteiger partial charge in [-0.3, -0.25) is 15.1 Å². The first kappa shape index (κ1) is 15.8. The van der Waals surface area contributed by atoms with Crippen molar-refractivity contribution in [3.05, 3.63) is 36.1 Å².